The van der Waals surface area contributed by atoms with Crippen LogP contribution in [0.1, 0.15) is 44.7 Å². The Kier molecular flexibility index (Phi) is 8.20. The number of rotatable bonds is 10. The Morgan fingerprint density at radius 1 is 1.03 bits per heavy atom. The van der Waals surface area contributed by atoms with Crippen molar-refractivity contribution in [2.45, 2.75) is 49.7 Å². The maximum Gasteiger partial charge on any atom is 0.163 e. The molecule has 0 atom stereocenters. The van der Waals surface area contributed by atoms with Gasteiger partial charge in [0.25, 0.3) is 0 Å². The van der Waals surface area contributed by atoms with Crippen LogP contribution in [-0.4, -0.2) is 32.7 Å². The van der Waals surface area contributed by atoms with Gasteiger partial charge in [-0.25, -0.2) is 0 Å². The summed E-state index contributed by atoms with van der Waals surface area (Å²) in [4.78, 5) is 4.20. The van der Waals surface area contributed by atoms with Crippen LogP contribution in [0.15, 0.2) is 40.1 Å². The first-order chi connectivity index (χ1) is 15.2. The predicted octanol–water partition coefficient (Wildman–Crippen LogP) is 5.61. The molecule has 6 nitrogen and oxygen atoms in total. The minimum atomic E-state index is -0.261. The van der Waals surface area contributed by atoms with E-state index in [9.17, 15) is 10.5 Å². The Hall–Kier alpha value is -2.71. The molecular weight excluding hydrogens is 410 g/mol. The second-order valence-corrected chi connectivity index (χ2v) is 7.93. The van der Waals surface area contributed by atoms with E-state index in [1.807, 2.05) is 26.0 Å². The van der Waals surface area contributed by atoms with Crippen molar-refractivity contribution in [1.29, 1.82) is 10.5 Å². The summed E-state index contributed by atoms with van der Waals surface area (Å²) in [6.45, 7) is 8.24. The third-order valence-corrected chi connectivity index (χ3v) is 6.05. The molecule has 31 heavy (non-hydrogen) atoms. The van der Waals surface area contributed by atoms with Crippen LogP contribution in [0.4, 0.5) is 11.4 Å². The number of para-hydroxylation sites is 1. The lowest BCUT2D eigenvalue weighted by Gasteiger charge is -2.33. The molecule has 0 saturated carbocycles. The maximum absolute atomic E-state index is 9.82. The molecule has 0 bridgehead atoms. The van der Waals surface area contributed by atoms with Gasteiger partial charge >= 0.3 is 0 Å². The van der Waals surface area contributed by atoms with Gasteiger partial charge in [0, 0.05) is 36.0 Å². The van der Waals surface area contributed by atoms with Gasteiger partial charge in [0.1, 0.15) is 17.7 Å². The Morgan fingerprint density at radius 2 is 1.77 bits per heavy atom. The number of benzene rings is 2. The van der Waals surface area contributed by atoms with Crippen molar-refractivity contribution in [2.24, 2.45) is 0 Å². The van der Waals surface area contributed by atoms with E-state index < -0.39 is 0 Å². The fourth-order valence-electron chi connectivity index (χ4n) is 3.64. The highest BCUT2D eigenvalue weighted by Crippen LogP contribution is 2.53. The first-order valence-corrected chi connectivity index (χ1v) is 11.4. The smallest absolute Gasteiger partial charge is 0.163 e. The molecule has 0 saturated heterocycles. The van der Waals surface area contributed by atoms with Crippen molar-refractivity contribution in [2.75, 3.05) is 31.3 Å². The molecule has 2 aromatic rings. The van der Waals surface area contributed by atoms with Crippen LogP contribution in [0.5, 0.6) is 5.75 Å². The molecule has 0 spiro atoms. The topological polar surface area (TPSA) is 78.5 Å². The Bertz CT molecular complexity index is 991. The van der Waals surface area contributed by atoms with Gasteiger partial charge in [-0.2, -0.15) is 10.5 Å². The standard InChI is InChI=1S/C24H27N3O3S/c1-4-27-19-10-7-8-11-20(19)31-21-14-17(15-25)18(16-26)24(23(21)27)30-13-9-12-22(28-5-2)29-6-3/h7-8,10-11,14,22H,4-6,9,12-13H2,1-3H3. The van der Waals surface area contributed by atoms with E-state index in [-0.39, 0.29) is 11.9 Å². The van der Waals surface area contributed by atoms with Crippen LogP contribution in [0.2, 0.25) is 0 Å². The molecule has 7 heteroatoms. The molecule has 3 rings (SSSR count). The van der Waals surface area contributed by atoms with E-state index in [2.05, 4.69) is 36.1 Å². The average molecular weight is 438 g/mol. The van der Waals surface area contributed by atoms with Gasteiger partial charge in [0.05, 0.1) is 23.5 Å². The molecule has 2 aromatic carbocycles. The lowest BCUT2D eigenvalue weighted by molar-refractivity contribution is -0.140. The zero-order valence-corrected chi connectivity index (χ0v) is 19.0. The third-order valence-electron chi connectivity index (χ3n) is 4.95. The van der Waals surface area contributed by atoms with E-state index >= 15 is 0 Å². The summed E-state index contributed by atoms with van der Waals surface area (Å²) in [5, 5.41) is 19.5. The molecular formula is C24H27N3O3S. The quantitative estimate of drug-likeness (QED) is 0.353. The number of anilines is 2. The van der Waals surface area contributed by atoms with Crippen molar-refractivity contribution < 1.29 is 14.2 Å². The van der Waals surface area contributed by atoms with Gasteiger partial charge in [-0.1, -0.05) is 23.9 Å². The first-order valence-electron chi connectivity index (χ1n) is 10.6. The number of hydrogen-bond donors (Lipinski definition) is 0. The largest absolute Gasteiger partial charge is 0.490 e. The van der Waals surface area contributed by atoms with Crippen molar-refractivity contribution in [3.05, 3.63) is 41.5 Å². The highest BCUT2D eigenvalue weighted by molar-refractivity contribution is 7.99. The average Bonchev–Trinajstić information content (AvgIpc) is 2.79. The number of fused-ring (bicyclic) bond motifs is 2. The minimum absolute atomic E-state index is 0.261. The van der Waals surface area contributed by atoms with E-state index in [1.54, 1.807) is 17.8 Å². The maximum atomic E-state index is 9.82. The van der Waals surface area contributed by atoms with E-state index in [1.165, 1.54) is 0 Å². The molecule has 0 unspecified atom stereocenters. The van der Waals surface area contributed by atoms with E-state index in [4.69, 9.17) is 14.2 Å². The number of ether oxygens (including phenoxy) is 3. The van der Waals surface area contributed by atoms with Crippen molar-refractivity contribution in [3.8, 4) is 17.9 Å². The number of hydrogen-bond acceptors (Lipinski definition) is 7. The summed E-state index contributed by atoms with van der Waals surface area (Å²) in [6.07, 6.45) is 1.14. The van der Waals surface area contributed by atoms with Crippen LogP contribution in [0, 0.1) is 22.7 Å². The molecule has 0 fully saturated rings. The number of nitriles is 2. The van der Waals surface area contributed by atoms with E-state index in [0.717, 1.165) is 21.2 Å². The summed E-state index contributed by atoms with van der Waals surface area (Å²) in [7, 11) is 0. The summed E-state index contributed by atoms with van der Waals surface area (Å²) in [5.74, 6) is 0.477. The Balaban J connectivity index is 1.91. The van der Waals surface area contributed by atoms with Gasteiger partial charge in [-0.3, -0.25) is 0 Å². The van der Waals surface area contributed by atoms with Gasteiger partial charge in [0.2, 0.25) is 0 Å². The van der Waals surface area contributed by atoms with Crippen molar-refractivity contribution >= 4 is 23.1 Å². The fraction of sp³-hybridized carbons (Fsp3) is 0.417. The molecule has 0 aromatic heterocycles. The molecule has 1 aliphatic rings. The predicted molar refractivity (Wildman–Crippen MR) is 121 cm³/mol. The fourth-order valence-corrected chi connectivity index (χ4v) is 4.78. The highest BCUT2D eigenvalue weighted by atomic mass is 32.2. The normalized spacial score (nSPS) is 12.1. The number of nitrogens with zero attached hydrogens (tertiary/aromatic N) is 3. The summed E-state index contributed by atoms with van der Waals surface area (Å²) < 4.78 is 17.4. The molecule has 0 radical (unpaired) electrons. The monoisotopic (exact) mass is 437 g/mol. The Labute approximate surface area is 188 Å². The molecule has 162 valence electrons. The van der Waals surface area contributed by atoms with Crippen LogP contribution in [0.25, 0.3) is 0 Å². The minimum Gasteiger partial charge on any atom is -0.490 e. The van der Waals surface area contributed by atoms with Gasteiger partial charge in [-0.15, -0.1) is 0 Å². The second kappa shape index (κ2) is 11.1. The summed E-state index contributed by atoms with van der Waals surface area (Å²) >= 11 is 1.60. The zero-order chi connectivity index (χ0) is 22.2. The Morgan fingerprint density at radius 3 is 2.42 bits per heavy atom. The molecule has 0 aliphatic carbocycles. The summed E-state index contributed by atoms with van der Waals surface area (Å²) in [5.41, 5.74) is 2.55. The van der Waals surface area contributed by atoms with Crippen LogP contribution in [0.3, 0.4) is 0 Å². The SMILES string of the molecule is CCOC(CCCOc1c(C#N)c(C#N)cc2c1N(CC)c1ccccc1S2)OCC. The molecule has 1 heterocycles. The summed E-state index contributed by atoms with van der Waals surface area (Å²) in [6, 6.07) is 14.3. The lowest BCUT2D eigenvalue weighted by Crippen LogP contribution is -2.22. The lowest BCUT2D eigenvalue weighted by atomic mass is 10.0. The van der Waals surface area contributed by atoms with Crippen LogP contribution < -0.4 is 9.64 Å². The van der Waals surface area contributed by atoms with Gasteiger partial charge in [0.15, 0.2) is 12.0 Å². The molecule has 1 aliphatic heterocycles. The van der Waals surface area contributed by atoms with Gasteiger partial charge < -0.3 is 19.1 Å². The van der Waals surface area contributed by atoms with Crippen LogP contribution >= 0.6 is 11.8 Å². The van der Waals surface area contributed by atoms with E-state index in [0.29, 0.717) is 50.5 Å². The van der Waals surface area contributed by atoms with Crippen molar-refractivity contribution in [1.82, 2.24) is 0 Å². The second-order valence-electron chi connectivity index (χ2n) is 6.84. The highest BCUT2D eigenvalue weighted by Gasteiger charge is 2.29. The van der Waals surface area contributed by atoms with Crippen LogP contribution in [-0.2, 0) is 9.47 Å². The van der Waals surface area contributed by atoms with Crippen molar-refractivity contribution in [3.63, 3.8) is 0 Å². The zero-order valence-electron chi connectivity index (χ0n) is 18.2. The first kappa shape index (κ1) is 23.0. The molecule has 0 amide bonds. The van der Waals surface area contributed by atoms with Gasteiger partial charge in [-0.05, 0) is 45.4 Å². The third kappa shape index (κ3) is 4.97. The molecule has 0 N–H and O–H groups in total.